The van der Waals surface area contributed by atoms with Gasteiger partial charge in [0.15, 0.2) is 0 Å². The maximum absolute atomic E-state index is 7.67. The third-order valence-electron chi connectivity index (χ3n) is 3.32. The molecule has 4 heteroatoms. The zero-order valence-corrected chi connectivity index (χ0v) is 13.3. The van der Waals surface area contributed by atoms with E-state index in [-0.39, 0.29) is 0 Å². The lowest BCUT2D eigenvalue weighted by Crippen LogP contribution is -1.96. The van der Waals surface area contributed by atoms with Gasteiger partial charge in [-0.3, -0.25) is 4.98 Å². The SMILES string of the molecule is N=Cc1cc(-c2cccc(Br)c2)ccc1Nc1ccncc1. The third kappa shape index (κ3) is 3.23. The molecule has 0 fully saturated rings. The van der Waals surface area contributed by atoms with Crippen molar-refractivity contribution in [2.75, 3.05) is 5.32 Å². The minimum absolute atomic E-state index is 0.842. The largest absolute Gasteiger partial charge is 0.355 e. The van der Waals surface area contributed by atoms with Crippen molar-refractivity contribution in [2.24, 2.45) is 0 Å². The van der Waals surface area contributed by atoms with E-state index in [2.05, 4.69) is 44.4 Å². The second-order valence-corrected chi connectivity index (χ2v) is 5.73. The molecule has 108 valence electrons. The number of nitrogens with zero attached hydrogens (tertiary/aromatic N) is 1. The third-order valence-corrected chi connectivity index (χ3v) is 3.82. The molecule has 3 nitrogen and oxygen atoms in total. The van der Waals surface area contributed by atoms with Crippen molar-refractivity contribution in [1.82, 2.24) is 4.98 Å². The summed E-state index contributed by atoms with van der Waals surface area (Å²) < 4.78 is 1.04. The van der Waals surface area contributed by atoms with Gasteiger partial charge in [-0.15, -0.1) is 0 Å². The summed E-state index contributed by atoms with van der Waals surface area (Å²) in [5.74, 6) is 0. The van der Waals surface area contributed by atoms with Gasteiger partial charge in [-0.2, -0.15) is 0 Å². The molecule has 3 aromatic rings. The number of halogens is 1. The predicted molar refractivity (Wildman–Crippen MR) is 95.0 cm³/mol. The van der Waals surface area contributed by atoms with Gasteiger partial charge in [-0.25, -0.2) is 0 Å². The van der Waals surface area contributed by atoms with Crippen molar-refractivity contribution in [3.05, 3.63) is 77.0 Å². The Morgan fingerprint density at radius 1 is 0.955 bits per heavy atom. The van der Waals surface area contributed by atoms with Gasteiger partial charge in [0.25, 0.3) is 0 Å². The fraction of sp³-hybridized carbons (Fsp3) is 0. The fourth-order valence-corrected chi connectivity index (χ4v) is 2.63. The summed E-state index contributed by atoms with van der Waals surface area (Å²) in [4.78, 5) is 4.00. The summed E-state index contributed by atoms with van der Waals surface area (Å²) in [5, 5.41) is 11.0. The number of hydrogen-bond donors (Lipinski definition) is 2. The Morgan fingerprint density at radius 3 is 2.45 bits per heavy atom. The first-order valence-electron chi connectivity index (χ1n) is 6.84. The van der Waals surface area contributed by atoms with Gasteiger partial charge >= 0.3 is 0 Å². The smallest absolute Gasteiger partial charge is 0.0473 e. The normalized spacial score (nSPS) is 10.2. The molecule has 0 bridgehead atoms. The zero-order valence-electron chi connectivity index (χ0n) is 11.8. The van der Waals surface area contributed by atoms with E-state index in [9.17, 15) is 0 Å². The second-order valence-electron chi connectivity index (χ2n) is 4.82. The minimum Gasteiger partial charge on any atom is -0.355 e. The van der Waals surface area contributed by atoms with Gasteiger partial charge in [0.05, 0.1) is 0 Å². The number of pyridine rings is 1. The van der Waals surface area contributed by atoms with E-state index in [4.69, 9.17) is 5.41 Å². The predicted octanol–water partition coefficient (Wildman–Crippen LogP) is 5.25. The zero-order chi connectivity index (χ0) is 15.4. The van der Waals surface area contributed by atoms with E-state index in [0.29, 0.717) is 0 Å². The Labute approximate surface area is 137 Å². The molecule has 0 amide bonds. The van der Waals surface area contributed by atoms with Crippen LogP contribution < -0.4 is 5.32 Å². The van der Waals surface area contributed by atoms with Gasteiger partial charge in [0.2, 0.25) is 0 Å². The number of benzene rings is 2. The standard InChI is InChI=1S/C18H14BrN3/c19-16-3-1-2-13(11-16)14-4-5-18(15(10-14)12-20)22-17-6-8-21-9-7-17/h1-12,20H,(H,21,22). The van der Waals surface area contributed by atoms with Crippen molar-refractivity contribution in [2.45, 2.75) is 0 Å². The van der Waals surface area contributed by atoms with Crippen LogP contribution in [0.2, 0.25) is 0 Å². The first-order valence-corrected chi connectivity index (χ1v) is 7.63. The molecule has 0 spiro atoms. The molecule has 0 radical (unpaired) electrons. The molecule has 3 rings (SSSR count). The highest BCUT2D eigenvalue weighted by Gasteiger charge is 2.05. The molecular formula is C18H14BrN3. The Kier molecular flexibility index (Phi) is 4.30. The number of rotatable bonds is 4. The van der Waals surface area contributed by atoms with E-state index >= 15 is 0 Å². The lowest BCUT2D eigenvalue weighted by Gasteiger charge is -2.11. The molecular weight excluding hydrogens is 338 g/mol. The Morgan fingerprint density at radius 2 is 1.73 bits per heavy atom. The topological polar surface area (TPSA) is 48.8 Å². The highest BCUT2D eigenvalue weighted by molar-refractivity contribution is 9.10. The summed E-state index contributed by atoms with van der Waals surface area (Å²) in [6.07, 6.45) is 4.84. The summed E-state index contributed by atoms with van der Waals surface area (Å²) in [6.45, 7) is 0. The van der Waals surface area contributed by atoms with Gasteiger partial charge in [0.1, 0.15) is 0 Å². The molecule has 1 heterocycles. The summed E-state index contributed by atoms with van der Waals surface area (Å²) in [5.41, 5.74) is 4.90. The lowest BCUT2D eigenvalue weighted by atomic mass is 10.0. The summed E-state index contributed by atoms with van der Waals surface area (Å²) >= 11 is 3.49. The van der Waals surface area contributed by atoms with E-state index in [1.807, 2.05) is 36.4 Å². The molecule has 22 heavy (non-hydrogen) atoms. The van der Waals surface area contributed by atoms with Gasteiger partial charge < -0.3 is 10.7 Å². The quantitative estimate of drug-likeness (QED) is 0.630. The molecule has 1 aromatic heterocycles. The van der Waals surface area contributed by atoms with Crippen molar-refractivity contribution < 1.29 is 0 Å². The average molecular weight is 352 g/mol. The van der Waals surface area contributed by atoms with E-state index in [0.717, 1.165) is 32.5 Å². The first-order chi connectivity index (χ1) is 10.8. The maximum atomic E-state index is 7.67. The van der Waals surface area contributed by atoms with Crippen molar-refractivity contribution >= 4 is 33.5 Å². The van der Waals surface area contributed by atoms with Crippen LogP contribution in [0, 0.1) is 5.41 Å². The number of hydrogen-bond acceptors (Lipinski definition) is 3. The molecule has 0 aliphatic carbocycles. The monoisotopic (exact) mass is 351 g/mol. The van der Waals surface area contributed by atoms with Crippen LogP contribution in [-0.2, 0) is 0 Å². The van der Waals surface area contributed by atoms with E-state index in [1.165, 1.54) is 6.21 Å². The van der Waals surface area contributed by atoms with Crippen LogP contribution in [0.15, 0.2) is 71.5 Å². The molecule has 0 aliphatic rings. The molecule has 0 saturated heterocycles. The number of aromatic nitrogens is 1. The van der Waals surface area contributed by atoms with Gasteiger partial charge in [-0.05, 0) is 47.5 Å². The summed E-state index contributed by atoms with van der Waals surface area (Å²) in [6, 6.07) is 18.0. The van der Waals surface area contributed by atoms with Crippen LogP contribution >= 0.6 is 15.9 Å². The summed E-state index contributed by atoms with van der Waals surface area (Å²) in [7, 11) is 0. The highest BCUT2D eigenvalue weighted by Crippen LogP contribution is 2.28. The van der Waals surface area contributed by atoms with E-state index < -0.39 is 0 Å². The molecule has 0 aliphatic heterocycles. The number of anilines is 2. The van der Waals surface area contributed by atoms with Crippen molar-refractivity contribution in [3.8, 4) is 11.1 Å². The Balaban J connectivity index is 1.96. The van der Waals surface area contributed by atoms with Gasteiger partial charge in [0, 0.05) is 40.0 Å². The Bertz CT molecular complexity index is 800. The van der Waals surface area contributed by atoms with Crippen LogP contribution in [0.25, 0.3) is 11.1 Å². The van der Waals surface area contributed by atoms with Crippen LogP contribution in [0.1, 0.15) is 5.56 Å². The first kappa shape index (κ1) is 14.5. The second kappa shape index (κ2) is 6.54. The van der Waals surface area contributed by atoms with Crippen LogP contribution in [0.5, 0.6) is 0 Å². The van der Waals surface area contributed by atoms with Crippen LogP contribution in [0.3, 0.4) is 0 Å². The molecule has 0 unspecified atom stereocenters. The molecule has 0 saturated carbocycles. The average Bonchev–Trinajstić information content (AvgIpc) is 2.56. The van der Waals surface area contributed by atoms with Crippen LogP contribution in [0.4, 0.5) is 11.4 Å². The lowest BCUT2D eigenvalue weighted by molar-refractivity contribution is 1.32. The highest BCUT2D eigenvalue weighted by atomic mass is 79.9. The Hall–Kier alpha value is -2.46. The fourth-order valence-electron chi connectivity index (χ4n) is 2.23. The van der Waals surface area contributed by atoms with Gasteiger partial charge in [-0.1, -0.05) is 34.1 Å². The molecule has 0 atom stereocenters. The molecule has 2 aromatic carbocycles. The minimum atomic E-state index is 0.842. The van der Waals surface area contributed by atoms with Crippen LogP contribution in [-0.4, -0.2) is 11.2 Å². The van der Waals surface area contributed by atoms with Crippen molar-refractivity contribution in [1.29, 1.82) is 5.41 Å². The number of nitrogens with one attached hydrogen (secondary N) is 2. The van der Waals surface area contributed by atoms with E-state index in [1.54, 1.807) is 12.4 Å². The van der Waals surface area contributed by atoms with Crippen molar-refractivity contribution in [3.63, 3.8) is 0 Å². The maximum Gasteiger partial charge on any atom is 0.0473 e. The molecule has 2 N–H and O–H groups in total.